The SMILES string of the molecule is COc1cc2c(cc1OC)CN(C(=O)C1CCCN(CCNC(=O)c3ccc4c(c3)OCC4)C1)CC2. The molecule has 1 saturated heterocycles. The summed E-state index contributed by atoms with van der Waals surface area (Å²) >= 11 is 0. The zero-order valence-electron chi connectivity index (χ0n) is 21.2. The second-order valence-electron chi connectivity index (χ2n) is 9.80. The Balaban J connectivity index is 1.13. The van der Waals surface area contributed by atoms with Crippen LogP contribution in [0.4, 0.5) is 0 Å². The van der Waals surface area contributed by atoms with Gasteiger partial charge in [0.1, 0.15) is 5.75 Å². The molecule has 1 N–H and O–H groups in total. The summed E-state index contributed by atoms with van der Waals surface area (Å²) < 4.78 is 16.5. The van der Waals surface area contributed by atoms with Crippen LogP contribution in [0.5, 0.6) is 17.2 Å². The van der Waals surface area contributed by atoms with Crippen LogP contribution >= 0.6 is 0 Å². The Morgan fingerprint density at radius 1 is 1.03 bits per heavy atom. The summed E-state index contributed by atoms with van der Waals surface area (Å²) in [7, 11) is 3.28. The largest absolute Gasteiger partial charge is 0.493 e. The van der Waals surface area contributed by atoms with E-state index in [1.165, 1.54) is 5.56 Å². The number of amides is 2. The normalized spacial score (nSPS) is 19.2. The first-order valence-corrected chi connectivity index (χ1v) is 12.8. The number of carbonyl (C=O) groups is 2. The molecule has 8 heteroatoms. The second kappa shape index (κ2) is 10.8. The van der Waals surface area contributed by atoms with Crippen molar-refractivity contribution >= 4 is 11.8 Å². The summed E-state index contributed by atoms with van der Waals surface area (Å²) in [5.74, 6) is 2.38. The Bertz CT molecular complexity index is 1130. The molecule has 0 radical (unpaired) electrons. The van der Waals surface area contributed by atoms with Crippen LogP contribution < -0.4 is 19.5 Å². The number of likely N-dealkylation sites (tertiary alicyclic amines) is 1. The highest BCUT2D eigenvalue weighted by Gasteiger charge is 2.31. The van der Waals surface area contributed by atoms with E-state index >= 15 is 0 Å². The lowest BCUT2D eigenvalue weighted by Crippen LogP contribution is -2.47. The summed E-state index contributed by atoms with van der Waals surface area (Å²) in [6.07, 6.45) is 3.62. The number of rotatable bonds is 7. The fourth-order valence-electron chi connectivity index (χ4n) is 5.53. The highest BCUT2D eigenvalue weighted by molar-refractivity contribution is 5.94. The summed E-state index contributed by atoms with van der Waals surface area (Å²) in [4.78, 5) is 30.3. The number of fused-ring (bicyclic) bond motifs is 2. The van der Waals surface area contributed by atoms with E-state index < -0.39 is 0 Å². The third kappa shape index (κ3) is 5.14. The molecule has 8 nitrogen and oxygen atoms in total. The minimum atomic E-state index is -0.0861. The molecule has 0 aliphatic carbocycles. The minimum absolute atomic E-state index is 0.00925. The number of hydrogen-bond donors (Lipinski definition) is 1. The molecule has 36 heavy (non-hydrogen) atoms. The van der Waals surface area contributed by atoms with Crippen LogP contribution in [0.1, 0.15) is 39.9 Å². The third-order valence-electron chi connectivity index (χ3n) is 7.56. The van der Waals surface area contributed by atoms with Crippen LogP contribution in [0, 0.1) is 5.92 Å². The van der Waals surface area contributed by atoms with E-state index in [2.05, 4.69) is 10.2 Å². The van der Waals surface area contributed by atoms with Crippen molar-refractivity contribution < 1.29 is 23.8 Å². The molecule has 0 aromatic heterocycles. The van der Waals surface area contributed by atoms with Gasteiger partial charge in [-0.15, -0.1) is 0 Å². The molecule has 0 saturated carbocycles. The topological polar surface area (TPSA) is 80.3 Å². The average molecular weight is 494 g/mol. The Morgan fingerprint density at radius 2 is 1.83 bits per heavy atom. The zero-order valence-corrected chi connectivity index (χ0v) is 21.2. The van der Waals surface area contributed by atoms with Crippen molar-refractivity contribution in [3.8, 4) is 17.2 Å². The van der Waals surface area contributed by atoms with Crippen molar-refractivity contribution in [2.24, 2.45) is 5.92 Å². The number of nitrogens with zero attached hydrogens (tertiary/aromatic N) is 2. The molecule has 3 aliphatic rings. The number of carbonyl (C=O) groups excluding carboxylic acids is 2. The Labute approximate surface area is 212 Å². The van der Waals surface area contributed by atoms with Gasteiger partial charge in [0, 0.05) is 44.7 Å². The Kier molecular flexibility index (Phi) is 7.32. The average Bonchev–Trinajstić information content (AvgIpc) is 3.39. The van der Waals surface area contributed by atoms with Gasteiger partial charge >= 0.3 is 0 Å². The number of benzene rings is 2. The minimum Gasteiger partial charge on any atom is -0.493 e. The highest BCUT2D eigenvalue weighted by Crippen LogP contribution is 2.34. The van der Waals surface area contributed by atoms with E-state index in [0.717, 1.165) is 74.5 Å². The lowest BCUT2D eigenvalue weighted by atomic mass is 9.93. The fourth-order valence-corrected chi connectivity index (χ4v) is 5.53. The molecule has 3 heterocycles. The van der Waals surface area contributed by atoms with Gasteiger partial charge in [0.25, 0.3) is 5.91 Å². The Morgan fingerprint density at radius 3 is 2.64 bits per heavy atom. The van der Waals surface area contributed by atoms with Crippen LogP contribution in [0.15, 0.2) is 30.3 Å². The second-order valence-corrected chi connectivity index (χ2v) is 9.80. The number of nitrogens with one attached hydrogen (secondary N) is 1. The summed E-state index contributed by atoms with van der Waals surface area (Å²) in [5, 5.41) is 3.02. The number of piperidine rings is 1. The molecular weight excluding hydrogens is 458 g/mol. The molecule has 2 amide bonds. The first-order valence-electron chi connectivity index (χ1n) is 12.8. The summed E-state index contributed by atoms with van der Waals surface area (Å²) in [6, 6.07) is 9.69. The van der Waals surface area contributed by atoms with Gasteiger partial charge in [-0.25, -0.2) is 0 Å². The summed E-state index contributed by atoms with van der Waals surface area (Å²) in [6.45, 7) is 4.97. The lowest BCUT2D eigenvalue weighted by molar-refractivity contribution is -0.138. The van der Waals surface area contributed by atoms with Gasteiger partial charge in [0.2, 0.25) is 5.91 Å². The number of methoxy groups -OCH3 is 2. The molecule has 2 aromatic carbocycles. The van der Waals surface area contributed by atoms with Gasteiger partial charge in [-0.3, -0.25) is 9.59 Å². The van der Waals surface area contributed by atoms with E-state index in [0.29, 0.717) is 31.0 Å². The maximum absolute atomic E-state index is 13.4. The smallest absolute Gasteiger partial charge is 0.251 e. The van der Waals surface area contributed by atoms with Crippen molar-refractivity contribution in [1.29, 1.82) is 0 Å². The summed E-state index contributed by atoms with van der Waals surface area (Å²) in [5.41, 5.74) is 4.13. The quantitative estimate of drug-likeness (QED) is 0.639. The third-order valence-corrected chi connectivity index (χ3v) is 7.56. The molecule has 192 valence electrons. The molecular formula is C28H35N3O5. The molecule has 1 atom stereocenters. The van der Waals surface area contributed by atoms with Gasteiger partial charge in [0.05, 0.1) is 26.7 Å². The van der Waals surface area contributed by atoms with Crippen molar-refractivity contribution in [2.75, 3.05) is 53.6 Å². The van der Waals surface area contributed by atoms with E-state index in [4.69, 9.17) is 14.2 Å². The van der Waals surface area contributed by atoms with Crippen LogP contribution in [0.2, 0.25) is 0 Å². The molecule has 0 spiro atoms. The van der Waals surface area contributed by atoms with Crippen LogP contribution in [0.3, 0.4) is 0 Å². The number of ether oxygens (including phenoxy) is 3. The molecule has 0 bridgehead atoms. The molecule has 2 aromatic rings. The van der Waals surface area contributed by atoms with Crippen LogP contribution in [-0.4, -0.2) is 75.2 Å². The molecule has 5 rings (SSSR count). The van der Waals surface area contributed by atoms with Crippen molar-refractivity contribution in [3.05, 3.63) is 52.6 Å². The van der Waals surface area contributed by atoms with Crippen LogP contribution in [-0.2, 0) is 24.2 Å². The van der Waals surface area contributed by atoms with Crippen molar-refractivity contribution in [2.45, 2.75) is 32.2 Å². The van der Waals surface area contributed by atoms with Gasteiger partial charge in [-0.1, -0.05) is 6.07 Å². The van der Waals surface area contributed by atoms with Crippen molar-refractivity contribution in [3.63, 3.8) is 0 Å². The fraction of sp³-hybridized carbons (Fsp3) is 0.500. The highest BCUT2D eigenvalue weighted by atomic mass is 16.5. The maximum Gasteiger partial charge on any atom is 0.251 e. The van der Waals surface area contributed by atoms with Gasteiger partial charge < -0.3 is 29.3 Å². The predicted octanol–water partition coefficient (Wildman–Crippen LogP) is 2.67. The first kappa shape index (κ1) is 24.4. The zero-order chi connectivity index (χ0) is 25.1. The monoisotopic (exact) mass is 493 g/mol. The first-order chi connectivity index (χ1) is 17.6. The number of hydrogen-bond acceptors (Lipinski definition) is 6. The molecule has 1 fully saturated rings. The van der Waals surface area contributed by atoms with E-state index in [1.807, 2.05) is 35.2 Å². The standard InChI is InChI=1S/C28H35N3O5/c1-34-25-14-20-7-11-31(18-23(20)16-26(25)35-2)28(33)22-4-3-10-30(17-22)12-9-29-27(32)21-6-5-19-8-13-36-24(19)15-21/h5-6,14-16,22H,3-4,7-13,17-18H2,1-2H3,(H,29,32). The maximum atomic E-state index is 13.4. The Hall–Kier alpha value is -3.26. The lowest BCUT2D eigenvalue weighted by Gasteiger charge is -2.37. The predicted molar refractivity (Wildman–Crippen MR) is 136 cm³/mol. The van der Waals surface area contributed by atoms with E-state index in [9.17, 15) is 9.59 Å². The molecule has 3 aliphatic heterocycles. The van der Waals surface area contributed by atoms with Gasteiger partial charge in [-0.2, -0.15) is 0 Å². The van der Waals surface area contributed by atoms with Gasteiger partial charge in [0.15, 0.2) is 11.5 Å². The van der Waals surface area contributed by atoms with E-state index in [1.54, 1.807) is 14.2 Å². The van der Waals surface area contributed by atoms with Crippen molar-refractivity contribution in [1.82, 2.24) is 15.1 Å². The van der Waals surface area contributed by atoms with Gasteiger partial charge in [-0.05, 0) is 66.8 Å². The molecule has 1 unspecified atom stereocenters. The van der Waals surface area contributed by atoms with E-state index in [-0.39, 0.29) is 17.7 Å². The van der Waals surface area contributed by atoms with Crippen LogP contribution in [0.25, 0.3) is 0 Å².